The normalized spacial score (nSPS) is 19.8. The molecule has 1 aromatic carbocycles. The topological polar surface area (TPSA) is 92.5 Å². The number of nitrogens with one attached hydrogen (secondary N) is 1. The van der Waals surface area contributed by atoms with Crippen molar-refractivity contribution in [2.45, 2.75) is 17.9 Å². The molecule has 1 aliphatic rings. The summed E-state index contributed by atoms with van der Waals surface area (Å²) in [5, 5.41) is 14.0. The predicted octanol–water partition coefficient (Wildman–Crippen LogP) is 1.14. The van der Waals surface area contributed by atoms with Gasteiger partial charge in [0.25, 0.3) is 15.7 Å². The zero-order chi connectivity index (χ0) is 14.9. The lowest BCUT2D eigenvalue weighted by Crippen LogP contribution is -2.51. The summed E-state index contributed by atoms with van der Waals surface area (Å²) < 4.78 is 39.8. The van der Waals surface area contributed by atoms with Gasteiger partial charge in [0.15, 0.2) is 4.90 Å². The van der Waals surface area contributed by atoms with Crippen molar-refractivity contribution in [1.82, 2.24) is 9.62 Å². The molecule has 21 heavy (non-hydrogen) atoms. The van der Waals surface area contributed by atoms with Gasteiger partial charge in [0, 0.05) is 31.7 Å². The van der Waals surface area contributed by atoms with Gasteiger partial charge >= 0.3 is 0 Å². The number of hydrogen-bond donors (Lipinski definition) is 1. The fourth-order valence-electron chi connectivity index (χ4n) is 2.14. The summed E-state index contributed by atoms with van der Waals surface area (Å²) in [7, 11) is -4.22. The highest BCUT2D eigenvalue weighted by atomic mass is 35.5. The first kappa shape index (κ1) is 17.8. The maximum Gasteiger partial charge on any atom is 0.292 e. The zero-order valence-corrected chi connectivity index (χ0v) is 12.8. The molecule has 1 fully saturated rings. The molecule has 0 aliphatic carbocycles. The summed E-state index contributed by atoms with van der Waals surface area (Å²) in [5.41, 5.74) is -0.740. The van der Waals surface area contributed by atoms with E-state index in [2.05, 4.69) is 5.32 Å². The SMILES string of the molecule is C[C@H]1CN(S(=O)(=O)c2c(F)cccc2[N+](=O)[O-])CCN1.Cl. The van der Waals surface area contributed by atoms with E-state index >= 15 is 0 Å². The lowest BCUT2D eigenvalue weighted by Gasteiger charge is -2.30. The van der Waals surface area contributed by atoms with E-state index in [0.717, 1.165) is 22.5 Å². The van der Waals surface area contributed by atoms with E-state index in [9.17, 15) is 22.9 Å². The number of benzene rings is 1. The third-order valence-electron chi connectivity index (χ3n) is 3.07. The Morgan fingerprint density at radius 2 is 2.14 bits per heavy atom. The van der Waals surface area contributed by atoms with E-state index < -0.39 is 31.3 Å². The van der Waals surface area contributed by atoms with Gasteiger partial charge in [-0.25, -0.2) is 12.8 Å². The number of piperazine rings is 1. The molecule has 2 rings (SSSR count). The number of hydrogen-bond acceptors (Lipinski definition) is 5. The van der Waals surface area contributed by atoms with E-state index in [1.54, 1.807) is 6.92 Å². The van der Waals surface area contributed by atoms with Crippen molar-refractivity contribution in [2.24, 2.45) is 0 Å². The van der Waals surface area contributed by atoms with Crippen LogP contribution in [0.3, 0.4) is 0 Å². The van der Waals surface area contributed by atoms with E-state index in [0.29, 0.717) is 6.54 Å². The molecule has 1 saturated heterocycles. The number of sulfonamides is 1. The summed E-state index contributed by atoms with van der Waals surface area (Å²) in [5.74, 6) is -1.11. The van der Waals surface area contributed by atoms with Gasteiger partial charge in [-0.3, -0.25) is 10.1 Å². The molecule has 1 aromatic rings. The molecule has 1 N–H and O–H groups in total. The van der Waals surface area contributed by atoms with Crippen LogP contribution in [0.4, 0.5) is 10.1 Å². The van der Waals surface area contributed by atoms with Crippen molar-refractivity contribution >= 4 is 28.1 Å². The van der Waals surface area contributed by atoms with Crippen LogP contribution in [0.1, 0.15) is 6.92 Å². The highest BCUT2D eigenvalue weighted by Crippen LogP contribution is 2.29. The average Bonchev–Trinajstić information content (AvgIpc) is 2.38. The highest BCUT2D eigenvalue weighted by molar-refractivity contribution is 7.89. The summed E-state index contributed by atoms with van der Waals surface area (Å²) in [6.07, 6.45) is 0. The first-order chi connectivity index (χ1) is 9.34. The molecule has 0 spiro atoms. The van der Waals surface area contributed by atoms with Gasteiger partial charge in [-0.2, -0.15) is 4.31 Å². The minimum Gasteiger partial charge on any atom is -0.312 e. The van der Waals surface area contributed by atoms with E-state index in [1.807, 2.05) is 0 Å². The van der Waals surface area contributed by atoms with E-state index in [4.69, 9.17) is 0 Å². The van der Waals surface area contributed by atoms with Crippen molar-refractivity contribution in [3.05, 3.63) is 34.1 Å². The smallest absolute Gasteiger partial charge is 0.292 e. The van der Waals surface area contributed by atoms with Crippen LogP contribution in [-0.2, 0) is 10.0 Å². The standard InChI is InChI=1S/C11H14FN3O4S.ClH/c1-8-7-14(6-5-13-8)20(18,19)11-9(12)3-2-4-10(11)15(16)17;/h2-4,8,13H,5-7H2,1H3;1H/t8-;/m0./s1. The number of rotatable bonds is 3. The molecule has 0 bridgehead atoms. The molecular weight excluding hydrogens is 325 g/mol. The van der Waals surface area contributed by atoms with Crippen LogP contribution in [0.5, 0.6) is 0 Å². The van der Waals surface area contributed by atoms with Gasteiger partial charge < -0.3 is 5.32 Å². The first-order valence-electron chi connectivity index (χ1n) is 6.00. The third kappa shape index (κ3) is 3.49. The number of halogens is 2. The molecule has 0 aromatic heterocycles. The Morgan fingerprint density at radius 1 is 1.48 bits per heavy atom. The lowest BCUT2D eigenvalue weighted by atomic mass is 10.3. The van der Waals surface area contributed by atoms with Crippen LogP contribution in [-0.4, -0.2) is 43.3 Å². The van der Waals surface area contributed by atoms with Gasteiger partial charge in [-0.15, -0.1) is 12.4 Å². The van der Waals surface area contributed by atoms with Gasteiger partial charge in [0.1, 0.15) is 5.82 Å². The second-order valence-corrected chi connectivity index (χ2v) is 6.44. The van der Waals surface area contributed by atoms with Crippen LogP contribution >= 0.6 is 12.4 Å². The van der Waals surface area contributed by atoms with Gasteiger partial charge in [0.2, 0.25) is 0 Å². The summed E-state index contributed by atoms with van der Waals surface area (Å²) >= 11 is 0. The Balaban J connectivity index is 0.00000220. The van der Waals surface area contributed by atoms with Crippen molar-refractivity contribution in [2.75, 3.05) is 19.6 Å². The average molecular weight is 340 g/mol. The predicted molar refractivity (Wildman–Crippen MR) is 76.5 cm³/mol. The van der Waals surface area contributed by atoms with E-state index in [-0.39, 0.29) is 31.5 Å². The molecule has 7 nitrogen and oxygen atoms in total. The Labute approximate surface area is 127 Å². The van der Waals surface area contributed by atoms with Gasteiger partial charge in [-0.05, 0) is 13.0 Å². The fourth-order valence-corrected chi connectivity index (χ4v) is 3.87. The third-order valence-corrected chi connectivity index (χ3v) is 5.00. The summed E-state index contributed by atoms with van der Waals surface area (Å²) in [6, 6.07) is 2.92. The molecule has 0 unspecified atom stereocenters. The maximum atomic E-state index is 13.8. The Bertz CT molecular complexity index is 640. The van der Waals surface area contributed by atoms with Crippen LogP contribution in [0.15, 0.2) is 23.1 Å². The van der Waals surface area contributed by atoms with Gasteiger partial charge in [0.05, 0.1) is 4.92 Å². The second-order valence-electron chi connectivity index (χ2n) is 4.56. The lowest BCUT2D eigenvalue weighted by molar-refractivity contribution is -0.388. The highest BCUT2D eigenvalue weighted by Gasteiger charge is 2.36. The molecule has 1 aliphatic heterocycles. The van der Waals surface area contributed by atoms with Crippen LogP contribution in [0, 0.1) is 15.9 Å². The molecule has 0 radical (unpaired) electrons. The minimum absolute atomic E-state index is 0. The van der Waals surface area contributed by atoms with Crippen molar-refractivity contribution in [3.63, 3.8) is 0 Å². The summed E-state index contributed by atoms with van der Waals surface area (Å²) in [6.45, 7) is 2.51. The number of nitrogens with zero attached hydrogens (tertiary/aromatic N) is 2. The molecule has 1 atom stereocenters. The Hall–Kier alpha value is -1.29. The quantitative estimate of drug-likeness (QED) is 0.658. The fraction of sp³-hybridized carbons (Fsp3) is 0.455. The molecule has 0 amide bonds. The molecule has 10 heteroatoms. The Kier molecular flexibility index (Phi) is 5.62. The monoisotopic (exact) mass is 339 g/mol. The van der Waals surface area contributed by atoms with Crippen LogP contribution in [0.2, 0.25) is 0 Å². The molecule has 1 heterocycles. The zero-order valence-electron chi connectivity index (χ0n) is 11.2. The maximum absolute atomic E-state index is 13.8. The van der Waals surface area contributed by atoms with E-state index in [1.165, 1.54) is 0 Å². The Morgan fingerprint density at radius 3 is 2.71 bits per heavy atom. The van der Waals surface area contributed by atoms with Crippen LogP contribution in [0.25, 0.3) is 0 Å². The second kappa shape index (κ2) is 6.65. The molecule has 118 valence electrons. The number of nitro benzene ring substituents is 1. The first-order valence-corrected chi connectivity index (χ1v) is 7.44. The number of nitro groups is 1. The van der Waals surface area contributed by atoms with Crippen molar-refractivity contribution in [1.29, 1.82) is 0 Å². The largest absolute Gasteiger partial charge is 0.312 e. The van der Waals surface area contributed by atoms with Crippen molar-refractivity contribution in [3.8, 4) is 0 Å². The summed E-state index contributed by atoms with van der Waals surface area (Å²) in [4.78, 5) is 9.16. The molecule has 0 saturated carbocycles. The van der Waals surface area contributed by atoms with Crippen molar-refractivity contribution < 1.29 is 17.7 Å². The molecular formula is C11H15ClFN3O4S. The van der Waals surface area contributed by atoms with Crippen LogP contribution < -0.4 is 5.32 Å². The minimum atomic E-state index is -4.22. The van der Waals surface area contributed by atoms with Gasteiger partial charge in [-0.1, -0.05) is 6.07 Å².